The smallest absolute Gasteiger partial charge is 0.114 e. The summed E-state index contributed by atoms with van der Waals surface area (Å²) in [5.74, 6) is 0. The van der Waals surface area contributed by atoms with E-state index in [0.717, 1.165) is 28.4 Å². The lowest BCUT2D eigenvalue weighted by atomic mass is 9.93. The molecule has 116 valence electrons. The van der Waals surface area contributed by atoms with Gasteiger partial charge in [-0.1, -0.05) is 35.4 Å². The number of epoxide rings is 1. The third-order valence-electron chi connectivity index (χ3n) is 4.54. The molecule has 0 amide bonds. The summed E-state index contributed by atoms with van der Waals surface area (Å²) in [5.41, 5.74) is 6.56. The third kappa shape index (κ3) is 2.52. The molecule has 4 rings (SSSR count). The number of halogens is 1. The first-order chi connectivity index (χ1) is 11.0. The molecule has 0 spiro atoms. The van der Waals surface area contributed by atoms with Gasteiger partial charge in [0.2, 0.25) is 0 Å². The van der Waals surface area contributed by atoms with Crippen molar-refractivity contribution in [2.24, 2.45) is 0 Å². The molecule has 1 unspecified atom stereocenters. The largest absolute Gasteiger partial charge is 0.365 e. The minimum Gasteiger partial charge on any atom is -0.365 e. The Kier molecular flexibility index (Phi) is 3.22. The Morgan fingerprint density at radius 1 is 1.09 bits per heavy atom. The molecule has 0 radical (unpaired) electrons. The lowest BCUT2D eigenvalue weighted by Crippen LogP contribution is -2.05. The van der Waals surface area contributed by atoms with E-state index >= 15 is 0 Å². The van der Waals surface area contributed by atoms with Gasteiger partial charge in [0.05, 0.1) is 17.8 Å². The maximum Gasteiger partial charge on any atom is 0.114 e. The number of aryl methyl sites for hydroxylation is 2. The number of rotatable bonds is 2. The second-order valence-corrected chi connectivity index (χ2v) is 7.00. The first kappa shape index (κ1) is 14.7. The zero-order chi connectivity index (χ0) is 16.2. The average molecular weight is 324 g/mol. The van der Waals surface area contributed by atoms with E-state index in [9.17, 15) is 0 Å². The fourth-order valence-corrected chi connectivity index (χ4v) is 3.28. The predicted octanol–water partition coefficient (Wildman–Crippen LogP) is 5.42. The number of ether oxygens (including phenoxy) is 1. The standard InChI is InChI=1S/C20H18ClNO/c1-12-8-13(2)19-16(9-12)17(20(3)11-23-20)10-18(22-19)14-4-6-15(21)7-5-14/h4-10H,11H2,1-3H3. The molecule has 2 heterocycles. The summed E-state index contributed by atoms with van der Waals surface area (Å²) in [5, 5.41) is 1.93. The molecule has 23 heavy (non-hydrogen) atoms. The molecule has 3 aromatic rings. The van der Waals surface area contributed by atoms with Crippen molar-refractivity contribution in [3.63, 3.8) is 0 Å². The predicted molar refractivity (Wildman–Crippen MR) is 95.0 cm³/mol. The van der Waals surface area contributed by atoms with E-state index in [2.05, 4.69) is 39.0 Å². The number of fused-ring (bicyclic) bond motifs is 1. The number of aromatic nitrogens is 1. The van der Waals surface area contributed by atoms with E-state index in [-0.39, 0.29) is 5.60 Å². The molecule has 3 heteroatoms. The molecule has 1 fully saturated rings. The van der Waals surface area contributed by atoms with Gasteiger partial charge in [-0.05, 0) is 56.2 Å². The number of benzene rings is 2. The summed E-state index contributed by atoms with van der Waals surface area (Å²) >= 11 is 6.01. The van der Waals surface area contributed by atoms with Gasteiger partial charge in [0.15, 0.2) is 0 Å². The van der Waals surface area contributed by atoms with Crippen LogP contribution in [0.15, 0.2) is 42.5 Å². The Hall–Kier alpha value is -1.90. The molecule has 1 saturated heterocycles. The zero-order valence-corrected chi connectivity index (χ0v) is 14.2. The van der Waals surface area contributed by atoms with Gasteiger partial charge in [-0.25, -0.2) is 4.98 Å². The molecule has 0 aliphatic carbocycles. The molecular weight excluding hydrogens is 306 g/mol. The van der Waals surface area contributed by atoms with E-state index in [4.69, 9.17) is 21.3 Å². The minimum absolute atomic E-state index is 0.192. The lowest BCUT2D eigenvalue weighted by molar-refractivity contribution is 0.331. The van der Waals surface area contributed by atoms with Crippen molar-refractivity contribution in [3.05, 3.63) is 64.2 Å². The van der Waals surface area contributed by atoms with Crippen LogP contribution >= 0.6 is 11.6 Å². The normalized spacial score (nSPS) is 20.0. The van der Waals surface area contributed by atoms with E-state index in [1.807, 2.05) is 24.3 Å². The lowest BCUT2D eigenvalue weighted by Gasteiger charge is -2.15. The van der Waals surface area contributed by atoms with Crippen LogP contribution in [0.5, 0.6) is 0 Å². The topological polar surface area (TPSA) is 25.4 Å². The summed E-state index contributed by atoms with van der Waals surface area (Å²) in [4.78, 5) is 4.92. The van der Waals surface area contributed by atoms with Crippen molar-refractivity contribution in [3.8, 4) is 11.3 Å². The monoisotopic (exact) mass is 323 g/mol. The summed E-state index contributed by atoms with van der Waals surface area (Å²) in [7, 11) is 0. The van der Waals surface area contributed by atoms with Crippen molar-refractivity contribution >= 4 is 22.5 Å². The number of hydrogen-bond acceptors (Lipinski definition) is 2. The van der Waals surface area contributed by atoms with Gasteiger partial charge in [-0.2, -0.15) is 0 Å². The molecule has 0 N–H and O–H groups in total. The van der Waals surface area contributed by atoms with Crippen LogP contribution < -0.4 is 0 Å². The molecule has 1 aromatic heterocycles. The molecule has 1 aliphatic heterocycles. The highest BCUT2D eigenvalue weighted by Crippen LogP contribution is 2.43. The highest BCUT2D eigenvalue weighted by atomic mass is 35.5. The fourth-order valence-electron chi connectivity index (χ4n) is 3.15. The van der Waals surface area contributed by atoms with Gasteiger partial charge in [0.1, 0.15) is 5.60 Å². The first-order valence-corrected chi connectivity index (χ1v) is 8.16. The maximum absolute atomic E-state index is 6.01. The van der Waals surface area contributed by atoms with E-state index in [0.29, 0.717) is 0 Å². The van der Waals surface area contributed by atoms with E-state index in [1.165, 1.54) is 22.1 Å². The molecular formula is C20H18ClNO. The minimum atomic E-state index is -0.192. The average Bonchev–Trinajstić information content (AvgIpc) is 3.26. The number of hydrogen-bond donors (Lipinski definition) is 0. The third-order valence-corrected chi connectivity index (χ3v) is 4.79. The first-order valence-electron chi connectivity index (χ1n) is 7.79. The van der Waals surface area contributed by atoms with Crippen LogP contribution in [0.1, 0.15) is 23.6 Å². The molecule has 1 atom stereocenters. The quantitative estimate of drug-likeness (QED) is 0.588. The maximum atomic E-state index is 6.01. The van der Waals surface area contributed by atoms with Gasteiger partial charge in [-0.3, -0.25) is 0 Å². The van der Waals surface area contributed by atoms with Crippen molar-refractivity contribution in [1.82, 2.24) is 4.98 Å². The second-order valence-electron chi connectivity index (χ2n) is 6.56. The summed E-state index contributed by atoms with van der Waals surface area (Å²) in [6, 6.07) is 14.4. The summed E-state index contributed by atoms with van der Waals surface area (Å²) in [6.45, 7) is 7.15. The number of pyridine rings is 1. The van der Waals surface area contributed by atoms with E-state index in [1.54, 1.807) is 0 Å². The van der Waals surface area contributed by atoms with Gasteiger partial charge in [0, 0.05) is 16.0 Å². The highest BCUT2D eigenvalue weighted by Gasteiger charge is 2.42. The zero-order valence-electron chi connectivity index (χ0n) is 13.5. The Labute approximate surface area is 141 Å². The molecule has 2 aromatic carbocycles. The van der Waals surface area contributed by atoms with Gasteiger partial charge in [-0.15, -0.1) is 0 Å². The summed E-state index contributed by atoms with van der Waals surface area (Å²) in [6.07, 6.45) is 0. The van der Waals surface area contributed by atoms with Crippen molar-refractivity contribution < 1.29 is 4.74 Å². The van der Waals surface area contributed by atoms with Crippen molar-refractivity contribution in [2.45, 2.75) is 26.4 Å². The Morgan fingerprint density at radius 3 is 2.43 bits per heavy atom. The van der Waals surface area contributed by atoms with Crippen LogP contribution in [0.4, 0.5) is 0 Å². The molecule has 1 aliphatic rings. The SMILES string of the molecule is Cc1cc(C)c2nc(-c3ccc(Cl)cc3)cc(C3(C)CO3)c2c1. The Bertz CT molecular complexity index is 911. The van der Waals surface area contributed by atoms with Gasteiger partial charge >= 0.3 is 0 Å². The van der Waals surface area contributed by atoms with Gasteiger partial charge < -0.3 is 4.74 Å². The van der Waals surface area contributed by atoms with Crippen LogP contribution in [0.3, 0.4) is 0 Å². The molecule has 2 nitrogen and oxygen atoms in total. The van der Waals surface area contributed by atoms with Crippen LogP contribution in [0.25, 0.3) is 22.2 Å². The molecule has 0 saturated carbocycles. The number of nitrogens with zero attached hydrogens (tertiary/aromatic N) is 1. The fraction of sp³-hybridized carbons (Fsp3) is 0.250. The highest BCUT2D eigenvalue weighted by molar-refractivity contribution is 6.30. The van der Waals surface area contributed by atoms with E-state index < -0.39 is 0 Å². The van der Waals surface area contributed by atoms with Crippen LogP contribution in [-0.2, 0) is 10.3 Å². The van der Waals surface area contributed by atoms with Crippen LogP contribution in [0.2, 0.25) is 5.02 Å². The van der Waals surface area contributed by atoms with Crippen molar-refractivity contribution in [1.29, 1.82) is 0 Å². The second kappa shape index (κ2) is 5.05. The Morgan fingerprint density at radius 2 is 1.78 bits per heavy atom. The Balaban J connectivity index is 2.02. The van der Waals surface area contributed by atoms with Crippen LogP contribution in [-0.4, -0.2) is 11.6 Å². The van der Waals surface area contributed by atoms with Crippen molar-refractivity contribution in [2.75, 3.05) is 6.61 Å². The van der Waals surface area contributed by atoms with Crippen LogP contribution in [0, 0.1) is 13.8 Å². The molecule has 0 bridgehead atoms. The summed E-state index contributed by atoms with van der Waals surface area (Å²) < 4.78 is 5.73. The van der Waals surface area contributed by atoms with Gasteiger partial charge in [0.25, 0.3) is 0 Å².